The zero-order chi connectivity index (χ0) is 26.1. The Morgan fingerprint density at radius 3 is 2.27 bits per heavy atom. The minimum absolute atomic E-state index is 0.0951. The van der Waals surface area contributed by atoms with Crippen molar-refractivity contribution in [2.24, 2.45) is 0 Å². The Bertz CT molecular complexity index is 1570. The van der Waals surface area contributed by atoms with Crippen LogP contribution in [-0.4, -0.2) is 55.9 Å². The van der Waals surface area contributed by atoms with Crippen LogP contribution in [0.15, 0.2) is 64.2 Å². The molecule has 5 rings (SSSR count). The molecule has 0 saturated carbocycles. The summed E-state index contributed by atoms with van der Waals surface area (Å²) in [7, 11) is 0. The van der Waals surface area contributed by atoms with Crippen LogP contribution in [0.5, 0.6) is 0 Å². The van der Waals surface area contributed by atoms with E-state index in [0.29, 0.717) is 55.1 Å². The van der Waals surface area contributed by atoms with Gasteiger partial charge in [-0.2, -0.15) is 5.10 Å². The highest BCUT2D eigenvalue weighted by Gasteiger charge is 2.26. The summed E-state index contributed by atoms with van der Waals surface area (Å²) in [4.78, 5) is 44.0. The van der Waals surface area contributed by atoms with E-state index < -0.39 is 11.2 Å². The highest BCUT2D eigenvalue weighted by molar-refractivity contribution is 5.81. The summed E-state index contributed by atoms with van der Waals surface area (Å²) in [6, 6.07) is 15.9. The van der Waals surface area contributed by atoms with Crippen LogP contribution in [-0.2, 0) is 24.4 Å². The topological polar surface area (TPSA) is 85.4 Å². The average molecular weight is 505 g/mol. The molecule has 3 heterocycles. The van der Waals surface area contributed by atoms with E-state index in [-0.39, 0.29) is 24.8 Å². The smallest absolute Gasteiger partial charge is 0.332 e. The number of halogens is 1. The summed E-state index contributed by atoms with van der Waals surface area (Å²) in [5.74, 6) is -0.523. The maximum absolute atomic E-state index is 14.2. The molecule has 9 nitrogen and oxygen atoms in total. The van der Waals surface area contributed by atoms with E-state index in [4.69, 9.17) is 0 Å². The number of aryl methyl sites for hydroxylation is 2. The number of aromatic nitrogens is 4. The summed E-state index contributed by atoms with van der Waals surface area (Å²) >= 11 is 0. The van der Waals surface area contributed by atoms with Crippen LogP contribution in [0, 0.1) is 12.7 Å². The molecule has 2 aromatic heterocycles. The molecule has 192 valence electrons. The van der Waals surface area contributed by atoms with Gasteiger partial charge in [-0.25, -0.2) is 9.18 Å². The average Bonchev–Trinajstić information content (AvgIpc) is 3.26. The number of nitrogens with zero attached hydrogens (tertiary/aromatic N) is 6. The lowest BCUT2D eigenvalue weighted by Gasteiger charge is -2.36. The third-order valence-corrected chi connectivity index (χ3v) is 6.88. The van der Waals surface area contributed by atoms with Gasteiger partial charge in [-0.15, -0.1) is 0 Å². The molecule has 1 fully saturated rings. The number of para-hydroxylation sites is 1. The molecule has 0 N–H and O–H groups in total. The minimum atomic E-state index is -0.543. The number of benzene rings is 2. The van der Waals surface area contributed by atoms with Crippen LogP contribution in [0.3, 0.4) is 0 Å². The van der Waals surface area contributed by atoms with Gasteiger partial charge >= 0.3 is 5.69 Å². The standard InChI is InChI=1S/C27H29FN6O3/c1-3-34-25-24(19(2)29-34)32(27(37)33(26(25)36)17-20-9-5-4-6-10-20)18-23(35)31-15-13-30(14-16-31)22-12-8-7-11-21(22)28/h4-12H,3,13-18H2,1-2H3. The maximum atomic E-state index is 14.2. The third kappa shape index (κ3) is 4.54. The van der Waals surface area contributed by atoms with Crippen molar-refractivity contribution in [2.75, 3.05) is 31.1 Å². The van der Waals surface area contributed by atoms with Gasteiger partial charge < -0.3 is 9.80 Å². The molecule has 0 unspecified atom stereocenters. The number of piperazine rings is 1. The second-order valence-electron chi connectivity index (χ2n) is 9.16. The summed E-state index contributed by atoms with van der Waals surface area (Å²) < 4.78 is 18.3. The number of hydrogen-bond donors (Lipinski definition) is 0. The lowest BCUT2D eigenvalue weighted by atomic mass is 10.2. The Morgan fingerprint density at radius 1 is 0.919 bits per heavy atom. The molecule has 0 bridgehead atoms. The molecule has 0 spiro atoms. The molecule has 1 amide bonds. The van der Waals surface area contributed by atoms with Crippen LogP contribution >= 0.6 is 0 Å². The van der Waals surface area contributed by atoms with E-state index in [1.165, 1.54) is 15.2 Å². The third-order valence-electron chi connectivity index (χ3n) is 6.88. The molecule has 10 heteroatoms. The summed E-state index contributed by atoms with van der Waals surface area (Å²) in [5.41, 5.74) is 1.58. The fourth-order valence-electron chi connectivity index (χ4n) is 4.98. The van der Waals surface area contributed by atoms with E-state index in [9.17, 15) is 18.8 Å². The Kier molecular flexibility index (Phi) is 6.64. The molecule has 4 aromatic rings. The normalized spacial score (nSPS) is 13.9. The molecule has 1 aliphatic heterocycles. The molecule has 37 heavy (non-hydrogen) atoms. The van der Waals surface area contributed by atoms with Crippen molar-refractivity contribution in [3.63, 3.8) is 0 Å². The van der Waals surface area contributed by atoms with Crippen molar-refractivity contribution in [3.05, 3.63) is 92.5 Å². The highest BCUT2D eigenvalue weighted by Crippen LogP contribution is 2.20. The largest absolute Gasteiger partial charge is 0.366 e. The Hall–Kier alpha value is -4.21. The first-order chi connectivity index (χ1) is 17.9. The van der Waals surface area contributed by atoms with Gasteiger partial charge in [-0.3, -0.25) is 23.4 Å². The van der Waals surface area contributed by atoms with Gasteiger partial charge in [0.15, 0.2) is 5.52 Å². The highest BCUT2D eigenvalue weighted by atomic mass is 19.1. The monoisotopic (exact) mass is 504 g/mol. The Balaban J connectivity index is 1.46. The Morgan fingerprint density at radius 2 is 1.59 bits per heavy atom. The molecule has 1 aliphatic rings. The van der Waals surface area contributed by atoms with Gasteiger partial charge in [0.25, 0.3) is 5.56 Å². The number of fused-ring (bicyclic) bond motifs is 1. The quantitative estimate of drug-likeness (QED) is 0.402. The SMILES string of the molecule is CCn1nc(C)c2c1c(=O)n(Cc1ccccc1)c(=O)n2CC(=O)N1CCN(c2ccccc2F)CC1. The summed E-state index contributed by atoms with van der Waals surface area (Å²) in [5, 5.41) is 4.47. The van der Waals surface area contributed by atoms with Crippen molar-refractivity contribution in [2.45, 2.75) is 33.5 Å². The van der Waals surface area contributed by atoms with Crippen LogP contribution < -0.4 is 16.1 Å². The summed E-state index contributed by atoms with van der Waals surface area (Å²) in [6.07, 6.45) is 0. The summed E-state index contributed by atoms with van der Waals surface area (Å²) in [6.45, 7) is 5.73. The van der Waals surface area contributed by atoms with Gasteiger partial charge in [0.1, 0.15) is 17.9 Å². The van der Waals surface area contributed by atoms with Crippen LogP contribution in [0.4, 0.5) is 10.1 Å². The van der Waals surface area contributed by atoms with Crippen LogP contribution in [0.25, 0.3) is 11.0 Å². The molecule has 0 atom stereocenters. The fraction of sp³-hybridized carbons (Fsp3) is 0.333. The van der Waals surface area contributed by atoms with E-state index in [0.717, 1.165) is 5.56 Å². The first-order valence-electron chi connectivity index (χ1n) is 12.4. The molecule has 1 saturated heterocycles. The second kappa shape index (κ2) is 10.0. The molecular weight excluding hydrogens is 475 g/mol. The Labute approximate surface area is 213 Å². The van der Waals surface area contributed by atoms with Gasteiger partial charge in [0.2, 0.25) is 5.91 Å². The van der Waals surface area contributed by atoms with Crippen molar-refractivity contribution in [3.8, 4) is 0 Å². The number of carbonyl (C=O) groups excluding carboxylic acids is 1. The number of hydrogen-bond acceptors (Lipinski definition) is 5. The zero-order valence-corrected chi connectivity index (χ0v) is 20.9. The number of anilines is 1. The van der Waals surface area contributed by atoms with E-state index in [2.05, 4.69) is 5.10 Å². The first-order valence-corrected chi connectivity index (χ1v) is 12.4. The zero-order valence-electron chi connectivity index (χ0n) is 20.9. The molecule has 0 aliphatic carbocycles. The fourth-order valence-corrected chi connectivity index (χ4v) is 4.98. The minimum Gasteiger partial charge on any atom is -0.366 e. The molecule has 0 radical (unpaired) electrons. The van der Waals surface area contributed by atoms with E-state index in [1.54, 1.807) is 34.7 Å². The maximum Gasteiger partial charge on any atom is 0.332 e. The van der Waals surface area contributed by atoms with Crippen molar-refractivity contribution >= 4 is 22.6 Å². The van der Waals surface area contributed by atoms with Crippen molar-refractivity contribution < 1.29 is 9.18 Å². The van der Waals surface area contributed by atoms with Gasteiger partial charge in [-0.1, -0.05) is 42.5 Å². The van der Waals surface area contributed by atoms with Gasteiger partial charge in [0, 0.05) is 32.7 Å². The molecular formula is C27H29FN6O3. The van der Waals surface area contributed by atoms with Gasteiger partial charge in [-0.05, 0) is 31.5 Å². The lowest BCUT2D eigenvalue weighted by molar-refractivity contribution is -0.132. The van der Waals surface area contributed by atoms with Crippen molar-refractivity contribution in [1.29, 1.82) is 0 Å². The first kappa shape index (κ1) is 24.5. The van der Waals surface area contributed by atoms with Gasteiger partial charge in [0.05, 0.1) is 17.9 Å². The van der Waals surface area contributed by atoms with Crippen LogP contribution in [0.2, 0.25) is 0 Å². The van der Waals surface area contributed by atoms with Crippen molar-refractivity contribution in [1.82, 2.24) is 23.8 Å². The predicted octanol–water partition coefficient (Wildman–Crippen LogP) is 2.22. The molecule has 2 aromatic carbocycles. The predicted molar refractivity (Wildman–Crippen MR) is 139 cm³/mol. The van der Waals surface area contributed by atoms with E-state index >= 15 is 0 Å². The number of rotatable bonds is 6. The number of amides is 1. The number of carbonyl (C=O) groups is 1. The lowest BCUT2D eigenvalue weighted by Crippen LogP contribution is -2.51. The second-order valence-corrected chi connectivity index (χ2v) is 9.16. The van der Waals surface area contributed by atoms with E-state index in [1.807, 2.05) is 42.2 Å². The van der Waals surface area contributed by atoms with Crippen LogP contribution in [0.1, 0.15) is 18.2 Å².